The molecule has 0 amide bonds. The van der Waals surface area contributed by atoms with E-state index >= 15 is 0 Å². The summed E-state index contributed by atoms with van der Waals surface area (Å²) >= 11 is 0. The minimum absolute atomic E-state index is 0.719. The van der Waals surface area contributed by atoms with Crippen LogP contribution in [0.3, 0.4) is 0 Å². The maximum atomic E-state index is 5.48. The molecule has 1 heterocycles. The van der Waals surface area contributed by atoms with Gasteiger partial charge in [-0.05, 0) is 32.2 Å². The third-order valence-corrected chi connectivity index (χ3v) is 3.92. The van der Waals surface area contributed by atoms with Gasteiger partial charge in [0.1, 0.15) is 0 Å². The van der Waals surface area contributed by atoms with Crippen molar-refractivity contribution < 1.29 is 4.74 Å². The lowest BCUT2D eigenvalue weighted by atomic mass is 10.1. The zero-order valence-electron chi connectivity index (χ0n) is 12.4. The summed E-state index contributed by atoms with van der Waals surface area (Å²) in [5, 5.41) is 3.69. The first-order chi connectivity index (χ1) is 8.93. The van der Waals surface area contributed by atoms with Crippen LogP contribution in [0.2, 0.25) is 0 Å². The molecule has 0 aromatic rings. The Labute approximate surface area is 114 Å². The molecule has 1 fully saturated rings. The fourth-order valence-corrected chi connectivity index (χ4v) is 2.67. The summed E-state index contributed by atoms with van der Waals surface area (Å²) in [6.45, 7) is 5.41. The van der Waals surface area contributed by atoms with E-state index < -0.39 is 0 Å². The Balaban J connectivity index is 1.80. The third-order valence-electron chi connectivity index (χ3n) is 3.92. The predicted molar refractivity (Wildman–Crippen MR) is 79.1 cm³/mol. The van der Waals surface area contributed by atoms with Gasteiger partial charge >= 0.3 is 0 Å². The lowest BCUT2D eigenvalue weighted by molar-refractivity contribution is 0.142. The van der Waals surface area contributed by atoms with Gasteiger partial charge in [-0.2, -0.15) is 0 Å². The van der Waals surface area contributed by atoms with Crippen LogP contribution in [-0.4, -0.2) is 25.8 Å². The maximum absolute atomic E-state index is 5.48. The molecule has 0 radical (unpaired) electrons. The van der Waals surface area contributed by atoms with Gasteiger partial charge in [-0.3, -0.25) is 0 Å². The molecule has 2 heteroatoms. The van der Waals surface area contributed by atoms with Gasteiger partial charge in [0.05, 0.1) is 0 Å². The minimum atomic E-state index is 0.719. The fourth-order valence-electron chi connectivity index (χ4n) is 2.67. The zero-order chi connectivity index (χ0) is 12.9. The standard InChI is InChI=1S/C16H33NO/c1-2-3-4-5-6-7-8-9-13-17-16-11-10-14-18-15-12-16/h16-17H,2-15H2,1H3. The van der Waals surface area contributed by atoms with Crippen molar-refractivity contribution in [1.29, 1.82) is 0 Å². The van der Waals surface area contributed by atoms with E-state index in [0.717, 1.165) is 19.3 Å². The molecule has 1 saturated heterocycles. The van der Waals surface area contributed by atoms with Crippen LogP contribution in [0.4, 0.5) is 0 Å². The van der Waals surface area contributed by atoms with Gasteiger partial charge in [-0.15, -0.1) is 0 Å². The molecule has 1 atom stereocenters. The molecule has 1 aliphatic rings. The Morgan fingerprint density at radius 2 is 1.61 bits per heavy atom. The first-order valence-electron chi connectivity index (χ1n) is 8.24. The zero-order valence-corrected chi connectivity index (χ0v) is 12.4. The molecule has 108 valence electrons. The van der Waals surface area contributed by atoms with Crippen LogP contribution < -0.4 is 5.32 Å². The number of nitrogens with one attached hydrogen (secondary N) is 1. The highest BCUT2D eigenvalue weighted by Gasteiger charge is 2.10. The van der Waals surface area contributed by atoms with Crippen molar-refractivity contribution in [1.82, 2.24) is 5.32 Å². The summed E-state index contributed by atoms with van der Waals surface area (Å²) in [6.07, 6.45) is 15.0. The van der Waals surface area contributed by atoms with Gasteiger partial charge in [-0.1, -0.05) is 51.9 Å². The van der Waals surface area contributed by atoms with Gasteiger partial charge in [-0.25, -0.2) is 0 Å². The van der Waals surface area contributed by atoms with Crippen LogP contribution in [0.5, 0.6) is 0 Å². The summed E-state index contributed by atoms with van der Waals surface area (Å²) in [5.41, 5.74) is 0. The molecule has 18 heavy (non-hydrogen) atoms. The molecular formula is C16H33NO. The van der Waals surface area contributed by atoms with Crippen molar-refractivity contribution in [3.63, 3.8) is 0 Å². The summed E-state index contributed by atoms with van der Waals surface area (Å²) in [4.78, 5) is 0. The van der Waals surface area contributed by atoms with E-state index in [9.17, 15) is 0 Å². The van der Waals surface area contributed by atoms with E-state index in [2.05, 4.69) is 12.2 Å². The van der Waals surface area contributed by atoms with E-state index in [1.807, 2.05) is 0 Å². The van der Waals surface area contributed by atoms with Crippen molar-refractivity contribution in [2.45, 2.75) is 83.6 Å². The second-order valence-corrected chi connectivity index (χ2v) is 5.67. The second-order valence-electron chi connectivity index (χ2n) is 5.67. The summed E-state index contributed by atoms with van der Waals surface area (Å²) in [6, 6.07) is 0.719. The number of hydrogen-bond acceptors (Lipinski definition) is 2. The summed E-state index contributed by atoms with van der Waals surface area (Å²) in [5.74, 6) is 0. The van der Waals surface area contributed by atoms with Crippen molar-refractivity contribution in [3.8, 4) is 0 Å². The molecule has 0 bridgehead atoms. The molecule has 0 aromatic carbocycles. The van der Waals surface area contributed by atoms with Crippen molar-refractivity contribution in [2.75, 3.05) is 19.8 Å². The van der Waals surface area contributed by atoms with E-state index in [4.69, 9.17) is 4.74 Å². The second kappa shape index (κ2) is 12.0. The summed E-state index contributed by atoms with van der Waals surface area (Å²) < 4.78 is 5.48. The molecular weight excluding hydrogens is 222 g/mol. The van der Waals surface area contributed by atoms with Gasteiger partial charge in [0, 0.05) is 19.3 Å². The maximum Gasteiger partial charge on any atom is 0.0480 e. The monoisotopic (exact) mass is 255 g/mol. The Morgan fingerprint density at radius 3 is 2.39 bits per heavy atom. The molecule has 1 aliphatic heterocycles. The van der Waals surface area contributed by atoms with Crippen LogP contribution in [-0.2, 0) is 4.74 Å². The van der Waals surface area contributed by atoms with E-state index in [1.165, 1.54) is 77.2 Å². The summed E-state index contributed by atoms with van der Waals surface area (Å²) in [7, 11) is 0. The lowest BCUT2D eigenvalue weighted by Crippen LogP contribution is -2.30. The highest BCUT2D eigenvalue weighted by molar-refractivity contribution is 4.69. The van der Waals surface area contributed by atoms with Gasteiger partial charge in [0.15, 0.2) is 0 Å². The number of unbranched alkanes of at least 4 members (excludes halogenated alkanes) is 7. The van der Waals surface area contributed by atoms with Gasteiger partial charge < -0.3 is 10.1 Å². The van der Waals surface area contributed by atoms with E-state index in [-0.39, 0.29) is 0 Å². The van der Waals surface area contributed by atoms with E-state index in [1.54, 1.807) is 0 Å². The first-order valence-corrected chi connectivity index (χ1v) is 8.24. The minimum Gasteiger partial charge on any atom is -0.381 e. The normalized spacial score (nSPS) is 20.8. The molecule has 1 rings (SSSR count). The van der Waals surface area contributed by atoms with E-state index in [0.29, 0.717) is 0 Å². The number of ether oxygens (including phenoxy) is 1. The molecule has 1 N–H and O–H groups in total. The highest BCUT2D eigenvalue weighted by atomic mass is 16.5. The van der Waals surface area contributed by atoms with Crippen LogP contribution >= 0.6 is 0 Å². The molecule has 0 saturated carbocycles. The highest BCUT2D eigenvalue weighted by Crippen LogP contribution is 2.10. The SMILES string of the molecule is CCCCCCCCCCNC1CCCOCC1. The molecule has 0 spiro atoms. The van der Waals surface area contributed by atoms with Gasteiger partial charge in [0.25, 0.3) is 0 Å². The predicted octanol–water partition coefficient (Wildman–Crippen LogP) is 4.29. The third kappa shape index (κ3) is 8.93. The Hall–Kier alpha value is -0.0800. The largest absolute Gasteiger partial charge is 0.381 e. The van der Waals surface area contributed by atoms with Crippen molar-refractivity contribution >= 4 is 0 Å². The Morgan fingerprint density at radius 1 is 0.889 bits per heavy atom. The molecule has 0 aliphatic carbocycles. The van der Waals surface area contributed by atoms with Crippen LogP contribution in [0.15, 0.2) is 0 Å². The number of rotatable bonds is 10. The smallest absolute Gasteiger partial charge is 0.0480 e. The first kappa shape index (κ1) is 16.0. The average Bonchev–Trinajstić information content (AvgIpc) is 2.65. The Bertz CT molecular complexity index is 164. The molecule has 0 aromatic heterocycles. The van der Waals surface area contributed by atoms with Gasteiger partial charge in [0.2, 0.25) is 0 Å². The lowest BCUT2D eigenvalue weighted by Gasteiger charge is -2.15. The molecule has 2 nitrogen and oxygen atoms in total. The van der Waals surface area contributed by atoms with Crippen LogP contribution in [0, 0.1) is 0 Å². The van der Waals surface area contributed by atoms with Crippen molar-refractivity contribution in [2.24, 2.45) is 0 Å². The Kier molecular flexibility index (Phi) is 10.6. The number of hydrogen-bond donors (Lipinski definition) is 1. The molecule has 1 unspecified atom stereocenters. The van der Waals surface area contributed by atoms with Crippen molar-refractivity contribution in [3.05, 3.63) is 0 Å². The quantitative estimate of drug-likeness (QED) is 0.588. The fraction of sp³-hybridized carbons (Fsp3) is 1.00. The van der Waals surface area contributed by atoms with Crippen LogP contribution in [0.1, 0.15) is 77.6 Å². The topological polar surface area (TPSA) is 21.3 Å². The van der Waals surface area contributed by atoms with Crippen LogP contribution in [0.25, 0.3) is 0 Å². The average molecular weight is 255 g/mol.